The van der Waals surface area contributed by atoms with Crippen molar-refractivity contribution in [2.45, 2.75) is 24.8 Å². The minimum absolute atomic E-state index is 0.0298. The lowest BCUT2D eigenvalue weighted by molar-refractivity contribution is -0.135. The number of hydrogen-bond donors (Lipinski definition) is 1. The summed E-state index contributed by atoms with van der Waals surface area (Å²) in [5, 5.41) is 0.245. The topological polar surface area (TPSA) is 103 Å². The molecule has 9 heteroatoms. The minimum atomic E-state index is -3.92. The molecule has 1 atom stereocenters. The van der Waals surface area contributed by atoms with Gasteiger partial charge < -0.3 is 9.15 Å². The molecule has 0 bridgehead atoms. The highest BCUT2D eigenvalue weighted by molar-refractivity contribution is 7.89. The lowest BCUT2D eigenvalue weighted by atomic mass is 10.1. The van der Waals surface area contributed by atoms with Crippen molar-refractivity contribution in [3.05, 3.63) is 94.6 Å². The predicted octanol–water partition coefficient (Wildman–Crippen LogP) is 4.18. The molecule has 0 aliphatic rings. The first kappa shape index (κ1) is 23.3. The Hall–Kier alpha value is -3.82. The van der Waals surface area contributed by atoms with E-state index in [1.807, 2.05) is 6.92 Å². The van der Waals surface area contributed by atoms with Crippen LogP contribution in [0.15, 0.2) is 87.1 Å². The zero-order valence-electron chi connectivity index (χ0n) is 18.2. The molecular weight excluding hydrogens is 461 g/mol. The average Bonchev–Trinajstić information content (AvgIpc) is 2.80. The van der Waals surface area contributed by atoms with Gasteiger partial charge in [0.2, 0.25) is 10.0 Å². The second kappa shape index (κ2) is 9.20. The molecule has 34 heavy (non-hydrogen) atoms. The Morgan fingerprint density at radius 3 is 2.38 bits per heavy atom. The number of ether oxygens (including phenoxy) is 1. The molecule has 0 amide bonds. The van der Waals surface area contributed by atoms with Crippen molar-refractivity contribution in [1.29, 1.82) is 0 Å². The fourth-order valence-corrected chi connectivity index (χ4v) is 4.46. The molecule has 1 aromatic heterocycles. The Balaban J connectivity index is 1.52. The van der Waals surface area contributed by atoms with E-state index in [4.69, 9.17) is 9.15 Å². The van der Waals surface area contributed by atoms with E-state index in [1.165, 1.54) is 67.8 Å². The molecule has 0 unspecified atom stereocenters. The van der Waals surface area contributed by atoms with Crippen molar-refractivity contribution in [1.82, 2.24) is 4.72 Å². The number of rotatable bonds is 6. The standard InChI is InChI=1S/C25H20FNO6S/c1-15-3-10-20(11-4-15)34(30,31)27-16(2)25(29)33-19-9-12-21-23(13-19)32-14-22(24(21)28)17-5-7-18(26)8-6-17/h3-14,16,27H,1-2H3/t16-/m1/s1. The zero-order chi connectivity index (χ0) is 24.5. The summed E-state index contributed by atoms with van der Waals surface area (Å²) in [5.74, 6) is -1.17. The molecule has 3 aromatic carbocycles. The van der Waals surface area contributed by atoms with Crippen LogP contribution in [0.4, 0.5) is 4.39 Å². The number of fused-ring (bicyclic) bond motifs is 1. The molecule has 0 saturated heterocycles. The fraction of sp³-hybridized carbons (Fsp3) is 0.120. The molecule has 4 rings (SSSR count). The van der Waals surface area contributed by atoms with Gasteiger partial charge in [0.05, 0.1) is 15.8 Å². The molecular formula is C25H20FNO6S. The van der Waals surface area contributed by atoms with Gasteiger partial charge in [-0.3, -0.25) is 4.79 Å². The van der Waals surface area contributed by atoms with Crippen LogP contribution < -0.4 is 14.9 Å². The summed E-state index contributed by atoms with van der Waals surface area (Å²) in [4.78, 5) is 25.3. The van der Waals surface area contributed by atoms with Crippen LogP contribution in [0.25, 0.3) is 22.1 Å². The lowest BCUT2D eigenvalue weighted by Gasteiger charge is -2.14. The van der Waals surface area contributed by atoms with Crippen LogP contribution in [0.3, 0.4) is 0 Å². The van der Waals surface area contributed by atoms with Gasteiger partial charge in [0.15, 0.2) is 5.43 Å². The molecule has 4 aromatic rings. The molecule has 0 radical (unpaired) electrons. The summed E-state index contributed by atoms with van der Waals surface area (Å²) in [6, 6.07) is 14.7. The van der Waals surface area contributed by atoms with Gasteiger partial charge in [0, 0.05) is 6.07 Å². The Labute approximate surface area is 194 Å². The van der Waals surface area contributed by atoms with Gasteiger partial charge in [-0.05, 0) is 55.8 Å². The van der Waals surface area contributed by atoms with E-state index >= 15 is 0 Å². The molecule has 0 aliphatic heterocycles. The highest BCUT2D eigenvalue weighted by Gasteiger charge is 2.24. The van der Waals surface area contributed by atoms with E-state index in [1.54, 1.807) is 12.1 Å². The van der Waals surface area contributed by atoms with Gasteiger partial charge >= 0.3 is 5.97 Å². The second-order valence-electron chi connectivity index (χ2n) is 7.72. The van der Waals surface area contributed by atoms with Crippen LogP contribution in [0.1, 0.15) is 12.5 Å². The third-order valence-electron chi connectivity index (χ3n) is 5.14. The first-order valence-corrected chi connectivity index (χ1v) is 11.7. The Kier molecular flexibility index (Phi) is 6.32. The van der Waals surface area contributed by atoms with Crippen LogP contribution in [0.5, 0.6) is 5.75 Å². The normalized spacial score (nSPS) is 12.4. The molecule has 1 N–H and O–H groups in total. The first-order valence-electron chi connectivity index (χ1n) is 10.3. The van der Waals surface area contributed by atoms with Crippen molar-refractivity contribution < 1.29 is 26.8 Å². The quantitative estimate of drug-likeness (QED) is 0.327. The van der Waals surface area contributed by atoms with Crippen LogP contribution in [-0.2, 0) is 14.8 Å². The summed E-state index contributed by atoms with van der Waals surface area (Å²) in [7, 11) is -3.92. The Morgan fingerprint density at radius 2 is 1.71 bits per heavy atom. The molecule has 174 valence electrons. The maximum atomic E-state index is 13.2. The van der Waals surface area contributed by atoms with Crippen LogP contribution in [-0.4, -0.2) is 20.4 Å². The van der Waals surface area contributed by atoms with E-state index in [2.05, 4.69) is 4.72 Å². The SMILES string of the molecule is Cc1ccc(S(=O)(=O)N[C@H](C)C(=O)Oc2ccc3c(=O)c(-c4ccc(F)cc4)coc3c2)cc1. The van der Waals surface area contributed by atoms with Gasteiger partial charge in [-0.25, -0.2) is 17.6 Å². The van der Waals surface area contributed by atoms with Crippen molar-refractivity contribution in [2.75, 3.05) is 0 Å². The van der Waals surface area contributed by atoms with Crippen molar-refractivity contribution in [3.63, 3.8) is 0 Å². The second-order valence-corrected chi connectivity index (χ2v) is 9.43. The van der Waals surface area contributed by atoms with E-state index < -0.39 is 27.9 Å². The van der Waals surface area contributed by atoms with E-state index in [0.717, 1.165) is 5.56 Å². The molecule has 7 nitrogen and oxygen atoms in total. The van der Waals surface area contributed by atoms with Gasteiger partial charge in [-0.1, -0.05) is 29.8 Å². The van der Waals surface area contributed by atoms with Crippen LogP contribution in [0, 0.1) is 12.7 Å². The molecule has 1 heterocycles. The van der Waals surface area contributed by atoms with Crippen molar-refractivity contribution in [3.8, 4) is 16.9 Å². The van der Waals surface area contributed by atoms with Crippen LogP contribution >= 0.6 is 0 Å². The number of esters is 1. The summed E-state index contributed by atoms with van der Waals surface area (Å²) in [6.45, 7) is 3.20. The van der Waals surface area contributed by atoms with Crippen molar-refractivity contribution >= 4 is 27.0 Å². The summed E-state index contributed by atoms with van der Waals surface area (Å²) < 4.78 is 51.3. The number of carbonyl (C=O) groups is 1. The fourth-order valence-electron chi connectivity index (χ4n) is 3.27. The zero-order valence-corrected chi connectivity index (χ0v) is 19.1. The maximum absolute atomic E-state index is 13.2. The molecule has 0 aliphatic carbocycles. The maximum Gasteiger partial charge on any atom is 0.329 e. The average molecular weight is 482 g/mol. The molecule has 0 fully saturated rings. The number of aryl methyl sites for hydroxylation is 1. The van der Waals surface area contributed by atoms with Crippen molar-refractivity contribution in [2.24, 2.45) is 0 Å². The lowest BCUT2D eigenvalue weighted by Crippen LogP contribution is -2.40. The van der Waals surface area contributed by atoms with Gasteiger partial charge in [0.1, 0.15) is 29.5 Å². The third kappa shape index (κ3) is 4.90. The number of benzene rings is 3. The van der Waals surface area contributed by atoms with E-state index in [0.29, 0.717) is 5.56 Å². The van der Waals surface area contributed by atoms with E-state index in [9.17, 15) is 22.4 Å². The highest BCUT2D eigenvalue weighted by atomic mass is 32.2. The number of hydrogen-bond acceptors (Lipinski definition) is 6. The number of nitrogens with one attached hydrogen (secondary N) is 1. The Morgan fingerprint density at radius 1 is 1.03 bits per heavy atom. The van der Waals surface area contributed by atoms with E-state index in [-0.39, 0.29) is 32.6 Å². The highest BCUT2D eigenvalue weighted by Crippen LogP contribution is 2.24. The number of carbonyl (C=O) groups excluding carboxylic acids is 1. The monoisotopic (exact) mass is 481 g/mol. The third-order valence-corrected chi connectivity index (χ3v) is 6.69. The first-order chi connectivity index (χ1) is 16.1. The Bertz CT molecular complexity index is 1530. The van der Waals surface area contributed by atoms with Crippen LogP contribution in [0.2, 0.25) is 0 Å². The molecule has 0 spiro atoms. The summed E-state index contributed by atoms with van der Waals surface area (Å²) in [5.41, 5.74) is 1.51. The van der Waals surface area contributed by atoms with Gasteiger partial charge in [-0.2, -0.15) is 4.72 Å². The van der Waals surface area contributed by atoms with Gasteiger partial charge in [0.25, 0.3) is 0 Å². The van der Waals surface area contributed by atoms with Gasteiger partial charge in [-0.15, -0.1) is 0 Å². The summed E-state index contributed by atoms with van der Waals surface area (Å²) in [6.07, 6.45) is 1.25. The molecule has 0 saturated carbocycles. The minimum Gasteiger partial charge on any atom is -0.463 e. The number of halogens is 1. The smallest absolute Gasteiger partial charge is 0.329 e. The number of sulfonamides is 1. The largest absolute Gasteiger partial charge is 0.463 e. The summed E-state index contributed by atoms with van der Waals surface area (Å²) >= 11 is 0. The predicted molar refractivity (Wildman–Crippen MR) is 124 cm³/mol.